The Kier molecular flexibility index (Phi) is 5.35. The van der Waals surface area contributed by atoms with Crippen molar-refractivity contribution < 1.29 is 18.3 Å². The molecule has 8 heteroatoms. The van der Waals surface area contributed by atoms with Gasteiger partial charge in [0.1, 0.15) is 23.9 Å². The summed E-state index contributed by atoms with van der Waals surface area (Å²) in [6, 6.07) is 8.89. The van der Waals surface area contributed by atoms with Gasteiger partial charge in [0.2, 0.25) is 0 Å². The van der Waals surface area contributed by atoms with Gasteiger partial charge in [-0.15, -0.1) is 0 Å². The van der Waals surface area contributed by atoms with Crippen molar-refractivity contribution in [3.63, 3.8) is 0 Å². The number of hydrogen-bond donors (Lipinski definition) is 1. The Morgan fingerprint density at radius 2 is 2.08 bits per heavy atom. The van der Waals surface area contributed by atoms with Crippen molar-refractivity contribution in [1.29, 1.82) is 0 Å². The molecule has 3 rings (SSSR count). The summed E-state index contributed by atoms with van der Waals surface area (Å²) < 4.78 is 25.4. The average Bonchev–Trinajstić information content (AvgIpc) is 3.23. The van der Waals surface area contributed by atoms with Crippen molar-refractivity contribution >= 4 is 17.5 Å². The number of benzene rings is 1. The Labute approximate surface area is 148 Å². The average molecular weight is 364 g/mol. The van der Waals surface area contributed by atoms with Gasteiger partial charge in [-0.2, -0.15) is 5.10 Å². The van der Waals surface area contributed by atoms with E-state index >= 15 is 0 Å². The first-order chi connectivity index (χ1) is 12.1. The Morgan fingerprint density at radius 3 is 2.80 bits per heavy atom. The van der Waals surface area contributed by atoms with E-state index in [2.05, 4.69) is 10.4 Å². The smallest absolute Gasteiger partial charge is 0.287 e. The van der Waals surface area contributed by atoms with Gasteiger partial charge in [-0.05, 0) is 36.4 Å². The molecule has 0 saturated carbocycles. The van der Waals surface area contributed by atoms with E-state index in [1.165, 1.54) is 30.5 Å². The molecule has 0 bridgehead atoms. The predicted octanol–water partition coefficient (Wildman–Crippen LogP) is 3.28. The largest absolute Gasteiger partial charge is 0.486 e. The number of hydrogen-bond acceptors (Lipinski definition) is 4. The molecular formula is C17H15ClFN3O3. The lowest BCUT2D eigenvalue weighted by Crippen LogP contribution is -2.27. The van der Waals surface area contributed by atoms with Gasteiger partial charge in [-0.1, -0.05) is 11.6 Å². The summed E-state index contributed by atoms with van der Waals surface area (Å²) >= 11 is 5.77. The molecule has 0 aliphatic rings. The fraction of sp³-hybridized carbons (Fsp3) is 0.176. The monoisotopic (exact) mass is 363 g/mol. The standard InChI is InChI=1S/C17H15ClFN3O3/c18-12-9-21-22(10-12)8-7-20-17(23)16-6-5-15(25-16)11-24-14-3-1-13(19)2-4-14/h1-6,9-10H,7-8,11H2,(H,20,23). The third kappa shape index (κ3) is 4.84. The molecular weight excluding hydrogens is 349 g/mol. The molecule has 0 fully saturated rings. The highest BCUT2D eigenvalue weighted by molar-refractivity contribution is 6.30. The van der Waals surface area contributed by atoms with Gasteiger partial charge in [0, 0.05) is 12.7 Å². The molecule has 0 unspecified atom stereocenters. The molecule has 3 aromatic rings. The van der Waals surface area contributed by atoms with E-state index in [1.807, 2.05) is 0 Å². The Hall–Kier alpha value is -2.80. The van der Waals surface area contributed by atoms with Crippen molar-refractivity contribution in [3.05, 3.63) is 71.2 Å². The van der Waals surface area contributed by atoms with Gasteiger partial charge in [0.05, 0.1) is 17.8 Å². The lowest BCUT2D eigenvalue weighted by Gasteiger charge is -2.04. The second kappa shape index (κ2) is 7.85. The van der Waals surface area contributed by atoms with Crippen LogP contribution in [0.3, 0.4) is 0 Å². The molecule has 2 heterocycles. The Balaban J connectivity index is 1.46. The minimum absolute atomic E-state index is 0.144. The lowest BCUT2D eigenvalue weighted by atomic mass is 10.3. The number of halogens is 2. The fourth-order valence-electron chi connectivity index (χ4n) is 2.09. The predicted molar refractivity (Wildman–Crippen MR) is 89.0 cm³/mol. The van der Waals surface area contributed by atoms with Crippen LogP contribution in [0.2, 0.25) is 5.02 Å². The normalized spacial score (nSPS) is 10.6. The number of furan rings is 1. The van der Waals surface area contributed by atoms with E-state index in [1.54, 1.807) is 23.0 Å². The summed E-state index contributed by atoms with van der Waals surface area (Å²) in [7, 11) is 0. The summed E-state index contributed by atoms with van der Waals surface area (Å²) in [5.41, 5.74) is 0. The van der Waals surface area contributed by atoms with Crippen molar-refractivity contribution in [2.24, 2.45) is 0 Å². The van der Waals surface area contributed by atoms with Crippen LogP contribution in [0.25, 0.3) is 0 Å². The minimum atomic E-state index is -0.332. The first-order valence-electron chi connectivity index (χ1n) is 7.53. The Bertz CT molecular complexity index is 845. The quantitative estimate of drug-likeness (QED) is 0.699. The third-order valence-electron chi connectivity index (χ3n) is 3.31. The van der Waals surface area contributed by atoms with Gasteiger partial charge in [-0.3, -0.25) is 9.48 Å². The van der Waals surface area contributed by atoms with Gasteiger partial charge in [-0.25, -0.2) is 4.39 Å². The Morgan fingerprint density at radius 1 is 1.28 bits per heavy atom. The van der Waals surface area contributed by atoms with Crippen LogP contribution in [0.15, 0.2) is 53.2 Å². The van der Waals surface area contributed by atoms with Crippen LogP contribution in [-0.4, -0.2) is 22.2 Å². The van der Waals surface area contributed by atoms with E-state index in [9.17, 15) is 9.18 Å². The molecule has 1 N–H and O–H groups in total. The van der Waals surface area contributed by atoms with Crippen LogP contribution >= 0.6 is 11.6 Å². The fourth-order valence-corrected chi connectivity index (χ4v) is 2.25. The first kappa shape index (κ1) is 17.0. The zero-order chi connectivity index (χ0) is 17.6. The van der Waals surface area contributed by atoms with Crippen molar-refractivity contribution in [3.8, 4) is 5.75 Å². The SMILES string of the molecule is O=C(NCCn1cc(Cl)cn1)c1ccc(COc2ccc(F)cc2)o1. The summed E-state index contributed by atoms with van der Waals surface area (Å²) in [5.74, 6) is 0.541. The summed E-state index contributed by atoms with van der Waals surface area (Å²) in [4.78, 5) is 12.0. The van der Waals surface area contributed by atoms with E-state index in [0.717, 1.165) is 0 Å². The highest BCUT2D eigenvalue weighted by Gasteiger charge is 2.11. The molecule has 130 valence electrons. The van der Waals surface area contributed by atoms with Crippen molar-refractivity contribution in [2.75, 3.05) is 6.54 Å². The molecule has 0 atom stereocenters. The molecule has 6 nitrogen and oxygen atoms in total. The maximum atomic E-state index is 12.8. The van der Waals surface area contributed by atoms with Crippen LogP contribution < -0.4 is 10.1 Å². The molecule has 0 aliphatic carbocycles. The third-order valence-corrected chi connectivity index (χ3v) is 3.50. The van der Waals surface area contributed by atoms with Crippen LogP contribution in [0.4, 0.5) is 4.39 Å². The zero-order valence-corrected chi connectivity index (χ0v) is 13.9. The minimum Gasteiger partial charge on any atom is -0.486 e. The topological polar surface area (TPSA) is 69.3 Å². The van der Waals surface area contributed by atoms with Crippen LogP contribution in [0.5, 0.6) is 5.75 Å². The number of nitrogens with one attached hydrogen (secondary N) is 1. The number of nitrogens with zero attached hydrogens (tertiary/aromatic N) is 2. The summed E-state index contributed by atoms with van der Waals surface area (Å²) in [6.45, 7) is 1.03. The first-order valence-corrected chi connectivity index (χ1v) is 7.91. The molecule has 1 aromatic carbocycles. The van der Waals surface area contributed by atoms with Crippen LogP contribution in [0, 0.1) is 5.82 Å². The van der Waals surface area contributed by atoms with E-state index in [-0.39, 0.29) is 24.1 Å². The van der Waals surface area contributed by atoms with Gasteiger partial charge >= 0.3 is 0 Å². The highest BCUT2D eigenvalue weighted by atomic mass is 35.5. The molecule has 0 radical (unpaired) electrons. The second-order valence-corrected chi connectivity index (χ2v) is 5.62. The molecule has 0 saturated heterocycles. The van der Waals surface area contributed by atoms with Crippen molar-refractivity contribution in [2.45, 2.75) is 13.2 Å². The number of rotatable bonds is 7. The number of ether oxygens (including phenoxy) is 1. The molecule has 0 aliphatic heterocycles. The van der Waals surface area contributed by atoms with E-state index in [4.69, 9.17) is 20.8 Å². The maximum absolute atomic E-state index is 12.8. The number of amides is 1. The van der Waals surface area contributed by atoms with E-state index < -0.39 is 0 Å². The van der Waals surface area contributed by atoms with Crippen LogP contribution in [0.1, 0.15) is 16.3 Å². The van der Waals surface area contributed by atoms with Gasteiger partial charge in [0.25, 0.3) is 5.91 Å². The number of carbonyl (C=O) groups is 1. The molecule has 2 aromatic heterocycles. The summed E-state index contributed by atoms with van der Waals surface area (Å²) in [6.07, 6.45) is 3.20. The molecule has 0 spiro atoms. The number of carbonyl (C=O) groups excluding carboxylic acids is 1. The van der Waals surface area contributed by atoms with Crippen LogP contribution in [-0.2, 0) is 13.2 Å². The second-order valence-electron chi connectivity index (χ2n) is 5.19. The zero-order valence-electron chi connectivity index (χ0n) is 13.1. The van der Waals surface area contributed by atoms with Gasteiger partial charge < -0.3 is 14.5 Å². The number of aromatic nitrogens is 2. The molecule has 1 amide bonds. The maximum Gasteiger partial charge on any atom is 0.287 e. The van der Waals surface area contributed by atoms with Crippen molar-refractivity contribution in [1.82, 2.24) is 15.1 Å². The highest BCUT2D eigenvalue weighted by Crippen LogP contribution is 2.15. The summed E-state index contributed by atoms with van der Waals surface area (Å²) in [5, 5.41) is 7.29. The molecule has 25 heavy (non-hydrogen) atoms. The van der Waals surface area contributed by atoms with E-state index in [0.29, 0.717) is 29.6 Å². The lowest BCUT2D eigenvalue weighted by molar-refractivity contribution is 0.0920. The van der Waals surface area contributed by atoms with Gasteiger partial charge in [0.15, 0.2) is 5.76 Å².